The third-order valence-corrected chi connectivity index (χ3v) is 6.84. The van der Waals surface area contributed by atoms with Crippen LogP contribution in [-0.2, 0) is 0 Å². The van der Waals surface area contributed by atoms with E-state index in [1.54, 1.807) is 5.56 Å². The molecule has 2 fully saturated rings. The highest BCUT2D eigenvalue weighted by Gasteiger charge is 2.30. The first-order chi connectivity index (χ1) is 9.75. The van der Waals surface area contributed by atoms with Crippen LogP contribution in [-0.4, -0.2) is 0 Å². The van der Waals surface area contributed by atoms with Gasteiger partial charge in [-0.1, -0.05) is 79.2 Å². The van der Waals surface area contributed by atoms with Gasteiger partial charge in [-0.25, -0.2) is 0 Å². The maximum Gasteiger partial charge on any atom is 0.0426 e. The highest BCUT2D eigenvalue weighted by atomic mass is 79.9. The molecule has 0 saturated heterocycles. The van der Waals surface area contributed by atoms with E-state index in [2.05, 4.69) is 47.1 Å². The SMILES string of the molecule is CC1CCCC1C(Br)c1ccc(C2CCCCC2)cc1. The molecule has 0 nitrogen and oxygen atoms in total. The lowest BCUT2D eigenvalue weighted by Crippen LogP contribution is -2.11. The summed E-state index contributed by atoms with van der Waals surface area (Å²) in [5.41, 5.74) is 3.07. The average Bonchev–Trinajstić information content (AvgIpc) is 2.94. The second-order valence-electron chi connectivity index (χ2n) is 6.98. The largest absolute Gasteiger partial charge is 0.0836 e. The van der Waals surface area contributed by atoms with Gasteiger partial charge in [-0.2, -0.15) is 0 Å². The molecule has 3 atom stereocenters. The summed E-state index contributed by atoms with van der Waals surface area (Å²) in [6, 6.07) is 9.57. The summed E-state index contributed by atoms with van der Waals surface area (Å²) < 4.78 is 0. The fourth-order valence-electron chi connectivity index (χ4n) is 4.24. The van der Waals surface area contributed by atoms with E-state index >= 15 is 0 Å². The first-order valence-corrected chi connectivity index (χ1v) is 9.41. The predicted octanol–water partition coefficient (Wildman–Crippen LogP) is 6.61. The van der Waals surface area contributed by atoms with E-state index < -0.39 is 0 Å². The number of benzene rings is 1. The number of rotatable bonds is 3. The number of halogens is 1. The quantitative estimate of drug-likeness (QED) is 0.545. The molecule has 0 bridgehead atoms. The van der Waals surface area contributed by atoms with Gasteiger partial charge in [0.1, 0.15) is 0 Å². The molecule has 1 heteroatoms. The van der Waals surface area contributed by atoms with Crippen LogP contribution in [0.5, 0.6) is 0 Å². The van der Waals surface area contributed by atoms with E-state index in [9.17, 15) is 0 Å². The molecule has 0 aromatic heterocycles. The van der Waals surface area contributed by atoms with Gasteiger partial charge in [0.05, 0.1) is 0 Å². The molecule has 2 aliphatic carbocycles. The van der Waals surface area contributed by atoms with Gasteiger partial charge < -0.3 is 0 Å². The van der Waals surface area contributed by atoms with Crippen molar-refractivity contribution in [2.24, 2.45) is 11.8 Å². The average molecular weight is 335 g/mol. The van der Waals surface area contributed by atoms with Gasteiger partial charge in [-0.3, -0.25) is 0 Å². The molecular weight excluding hydrogens is 308 g/mol. The highest BCUT2D eigenvalue weighted by molar-refractivity contribution is 9.09. The second-order valence-corrected chi connectivity index (χ2v) is 7.96. The van der Waals surface area contributed by atoms with Gasteiger partial charge in [-0.15, -0.1) is 0 Å². The minimum atomic E-state index is 0.556. The van der Waals surface area contributed by atoms with Gasteiger partial charge in [0, 0.05) is 4.83 Å². The van der Waals surface area contributed by atoms with Crippen LogP contribution < -0.4 is 0 Å². The van der Waals surface area contributed by atoms with Crippen molar-refractivity contribution < 1.29 is 0 Å². The molecule has 110 valence electrons. The molecule has 0 amide bonds. The maximum absolute atomic E-state index is 3.97. The second kappa shape index (κ2) is 6.64. The van der Waals surface area contributed by atoms with E-state index in [1.807, 2.05) is 0 Å². The van der Waals surface area contributed by atoms with E-state index in [4.69, 9.17) is 0 Å². The van der Waals surface area contributed by atoms with Crippen molar-refractivity contribution in [1.82, 2.24) is 0 Å². The van der Waals surface area contributed by atoms with Gasteiger partial charge in [0.2, 0.25) is 0 Å². The lowest BCUT2D eigenvalue weighted by molar-refractivity contribution is 0.414. The molecule has 1 aromatic carbocycles. The van der Waals surface area contributed by atoms with Crippen LogP contribution >= 0.6 is 15.9 Å². The van der Waals surface area contributed by atoms with Crippen LogP contribution in [0.4, 0.5) is 0 Å². The van der Waals surface area contributed by atoms with Crippen LogP contribution in [0.2, 0.25) is 0 Å². The lowest BCUT2D eigenvalue weighted by atomic mass is 9.83. The third-order valence-electron chi connectivity index (χ3n) is 5.64. The Kier molecular flexibility index (Phi) is 4.86. The summed E-state index contributed by atoms with van der Waals surface area (Å²) in [5.74, 6) is 2.53. The number of hydrogen-bond acceptors (Lipinski definition) is 0. The Morgan fingerprint density at radius 3 is 2.20 bits per heavy atom. The summed E-state index contributed by atoms with van der Waals surface area (Å²) in [4.78, 5) is 0.556. The van der Waals surface area contributed by atoms with Crippen LogP contribution in [0.25, 0.3) is 0 Å². The Bertz CT molecular complexity index is 416. The van der Waals surface area contributed by atoms with Gasteiger partial charge >= 0.3 is 0 Å². The van der Waals surface area contributed by atoms with E-state index in [-0.39, 0.29) is 0 Å². The topological polar surface area (TPSA) is 0 Å². The molecule has 3 rings (SSSR count). The van der Waals surface area contributed by atoms with Crippen molar-refractivity contribution in [2.75, 3.05) is 0 Å². The minimum absolute atomic E-state index is 0.556. The Morgan fingerprint density at radius 2 is 1.60 bits per heavy atom. The smallest absolute Gasteiger partial charge is 0.0426 e. The molecule has 2 aliphatic rings. The van der Waals surface area contributed by atoms with Crippen molar-refractivity contribution in [3.63, 3.8) is 0 Å². The lowest BCUT2D eigenvalue weighted by Gasteiger charge is -2.24. The normalized spacial score (nSPS) is 29.5. The fourth-order valence-corrected chi connectivity index (χ4v) is 5.33. The summed E-state index contributed by atoms with van der Waals surface area (Å²) in [5, 5.41) is 0. The van der Waals surface area contributed by atoms with Crippen molar-refractivity contribution in [1.29, 1.82) is 0 Å². The molecular formula is C19H27Br. The minimum Gasteiger partial charge on any atom is -0.0836 e. The molecule has 3 unspecified atom stereocenters. The Balaban J connectivity index is 1.68. The summed E-state index contributed by atoms with van der Waals surface area (Å²) in [6.45, 7) is 2.42. The molecule has 2 saturated carbocycles. The molecule has 1 aromatic rings. The first kappa shape index (κ1) is 14.6. The van der Waals surface area contributed by atoms with Crippen LogP contribution in [0.1, 0.15) is 80.2 Å². The maximum atomic E-state index is 3.97. The Labute approximate surface area is 132 Å². The van der Waals surface area contributed by atoms with Crippen LogP contribution in [0, 0.1) is 11.8 Å². The van der Waals surface area contributed by atoms with Crippen molar-refractivity contribution in [3.05, 3.63) is 35.4 Å². The van der Waals surface area contributed by atoms with Gasteiger partial charge in [0.15, 0.2) is 0 Å². The number of hydrogen-bond donors (Lipinski definition) is 0. The van der Waals surface area contributed by atoms with Crippen molar-refractivity contribution in [2.45, 2.75) is 69.0 Å². The molecule has 0 spiro atoms. The zero-order valence-corrected chi connectivity index (χ0v) is 14.2. The summed E-state index contributed by atoms with van der Waals surface area (Å²) in [7, 11) is 0. The zero-order chi connectivity index (χ0) is 13.9. The van der Waals surface area contributed by atoms with Gasteiger partial charge in [0.25, 0.3) is 0 Å². The summed E-state index contributed by atoms with van der Waals surface area (Å²) >= 11 is 3.97. The first-order valence-electron chi connectivity index (χ1n) is 8.49. The van der Waals surface area contributed by atoms with E-state index in [0.717, 1.165) is 17.8 Å². The highest BCUT2D eigenvalue weighted by Crippen LogP contribution is 2.45. The van der Waals surface area contributed by atoms with E-state index in [1.165, 1.54) is 56.9 Å². The van der Waals surface area contributed by atoms with Crippen LogP contribution in [0.15, 0.2) is 24.3 Å². The Morgan fingerprint density at radius 1 is 0.900 bits per heavy atom. The number of alkyl halides is 1. The molecule has 0 aliphatic heterocycles. The van der Waals surface area contributed by atoms with Crippen LogP contribution in [0.3, 0.4) is 0 Å². The molecule has 0 N–H and O–H groups in total. The van der Waals surface area contributed by atoms with Gasteiger partial charge in [-0.05, 0) is 48.1 Å². The fraction of sp³-hybridized carbons (Fsp3) is 0.684. The van der Waals surface area contributed by atoms with E-state index in [0.29, 0.717) is 4.83 Å². The summed E-state index contributed by atoms with van der Waals surface area (Å²) in [6.07, 6.45) is 11.3. The monoisotopic (exact) mass is 334 g/mol. The van der Waals surface area contributed by atoms with Crippen molar-refractivity contribution in [3.8, 4) is 0 Å². The predicted molar refractivity (Wildman–Crippen MR) is 90.4 cm³/mol. The molecule has 20 heavy (non-hydrogen) atoms. The van der Waals surface area contributed by atoms with Crippen molar-refractivity contribution >= 4 is 15.9 Å². The third kappa shape index (κ3) is 3.13. The molecule has 0 radical (unpaired) electrons. The molecule has 0 heterocycles. The Hall–Kier alpha value is -0.300. The zero-order valence-electron chi connectivity index (χ0n) is 12.7. The standard InChI is InChI=1S/C19H27Br/c1-14-6-5-9-18(14)19(20)17-12-10-16(11-13-17)15-7-3-2-4-8-15/h10-15,18-19H,2-9H2,1H3.